The molecule has 0 amide bonds. The standard InChI is InChI=1S/C27H23ClF6N2O/c1-16(2)19-7-3-4-8-20(19)17-11-13-18(14-12-17)23-15-24(25(37,26(29,30)31)27(32,33)34)35-36(23)22-10-6-5-9-21(22)28/h3-14,16,23,37H,15H2,1-2H3. The van der Waals surface area contributed by atoms with Crippen LogP contribution in [0.1, 0.15) is 43.4 Å². The first kappa shape index (κ1) is 27.0. The lowest BCUT2D eigenvalue weighted by Crippen LogP contribution is -2.62. The van der Waals surface area contributed by atoms with Crippen molar-refractivity contribution in [2.45, 2.75) is 50.2 Å². The van der Waals surface area contributed by atoms with Gasteiger partial charge in [-0.1, -0.05) is 86.1 Å². The average molecular weight is 541 g/mol. The molecular formula is C27H23ClF6N2O. The van der Waals surface area contributed by atoms with Gasteiger partial charge in [0.05, 0.1) is 22.5 Å². The number of aliphatic hydroxyl groups is 1. The van der Waals surface area contributed by atoms with Crippen molar-refractivity contribution in [3.63, 3.8) is 0 Å². The molecule has 0 saturated carbocycles. The number of anilines is 1. The minimum atomic E-state index is -6.03. The number of hydrazone groups is 1. The summed E-state index contributed by atoms with van der Waals surface area (Å²) in [4.78, 5) is 0. The molecule has 0 radical (unpaired) electrons. The Hall–Kier alpha value is -3.04. The van der Waals surface area contributed by atoms with Gasteiger partial charge in [0.15, 0.2) is 0 Å². The first-order valence-electron chi connectivity index (χ1n) is 11.4. The second kappa shape index (κ2) is 9.68. The van der Waals surface area contributed by atoms with Crippen LogP contribution in [0.4, 0.5) is 32.0 Å². The normalized spacial score (nSPS) is 16.9. The number of hydrogen-bond donors (Lipinski definition) is 1. The van der Waals surface area contributed by atoms with Crippen molar-refractivity contribution in [1.29, 1.82) is 0 Å². The molecule has 37 heavy (non-hydrogen) atoms. The third-order valence-electron chi connectivity index (χ3n) is 6.44. The fourth-order valence-corrected chi connectivity index (χ4v) is 4.71. The largest absolute Gasteiger partial charge is 0.431 e. The zero-order valence-electron chi connectivity index (χ0n) is 19.8. The van der Waals surface area contributed by atoms with Gasteiger partial charge in [-0.2, -0.15) is 31.4 Å². The highest BCUT2D eigenvalue weighted by Crippen LogP contribution is 2.49. The number of rotatable bonds is 5. The maximum atomic E-state index is 13.6. The van der Waals surface area contributed by atoms with E-state index in [0.29, 0.717) is 5.56 Å². The fourth-order valence-electron chi connectivity index (χ4n) is 4.48. The number of para-hydroxylation sites is 1. The van der Waals surface area contributed by atoms with Crippen molar-refractivity contribution < 1.29 is 31.4 Å². The predicted octanol–water partition coefficient (Wildman–Crippen LogP) is 8.29. The van der Waals surface area contributed by atoms with E-state index in [1.165, 1.54) is 18.2 Å². The van der Waals surface area contributed by atoms with Gasteiger partial charge in [0.25, 0.3) is 5.60 Å². The summed E-state index contributed by atoms with van der Waals surface area (Å²) in [5.74, 6) is 0.236. The average Bonchev–Trinajstić information content (AvgIpc) is 3.28. The van der Waals surface area contributed by atoms with Gasteiger partial charge in [0.1, 0.15) is 0 Å². The highest BCUT2D eigenvalue weighted by atomic mass is 35.5. The smallest absolute Gasteiger partial charge is 0.369 e. The Morgan fingerprint density at radius 1 is 0.865 bits per heavy atom. The lowest BCUT2D eigenvalue weighted by Gasteiger charge is -2.32. The molecule has 10 heteroatoms. The Labute approximate surface area is 215 Å². The van der Waals surface area contributed by atoms with Gasteiger partial charge in [-0.05, 0) is 40.3 Å². The zero-order valence-corrected chi connectivity index (χ0v) is 20.5. The van der Waals surface area contributed by atoms with E-state index < -0.39 is 36.1 Å². The summed E-state index contributed by atoms with van der Waals surface area (Å²) in [5.41, 5.74) is -3.12. The lowest BCUT2D eigenvalue weighted by molar-refractivity contribution is -0.338. The summed E-state index contributed by atoms with van der Waals surface area (Å²) in [5, 5.41) is 14.8. The number of alkyl halides is 6. The molecule has 1 N–H and O–H groups in total. The van der Waals surface area contributed by atoms with Crippen molar-refractivity contribution in [3.8, 4) is 11.1 Å². The molecule has 1 unspecified atom stereocenters. The monoisotopic (exact) mass is 540 g/mol. The Balaban J connectivity index is 1.79. The Kier molecular flexibility index (Phi) is 7.07. The van der Waals surface area contributed by atoms with E-state index in [-0.39, 0.29) is 16.6 Å². The highest BCUT2D eigenvalue weighted by molar-refractivity contribution is 6.33. The highest BCUT2D eigenvalue weighted by Gasteiger charge is 2.74. The van der Waals surface area contributed by atoms with Crippen LogP contribution in [0.2, 0.25) is 5.02 Å². The quantitative estimate of drug-likeness (QED) is 0.330. The maximum absolute atomic E-state index is 13.6. The molecule has 0 saturated heterocycles. The molecule has 0 spiro atoms. The number of hydrogen-bond acceptors (Lipinski definition) is 3. The molecule has 0 bridgehead atoms. The van der Waals surface area contributed by atoms with Crippen LogP contribution >= 0.6 is 11.6 Å². The van der Waals surface area contributed by atoms with Gasteiger partial charge in [0, 0.05) is 6.42 Å². The molecule has 196 valence electrons. The molecule has 4 rings (SSSR count). The molecule has 1 aliphatic rings. The third-order valence-corrected chi connectivity index (χ3v) is 6.76. The van der Waals surface area contributed by atoms with Crippen LogP contribution in [0.25, 0.3) is 11.1 Å². The topological polar surface area (TPSA) is 35.8 Å². The molecular weight excluding hydrogens is 518 g/mol. The maximum Gasteiger partial charge on any atom is 0.431 e. The van der Waals surface area contributed by atoms with E-state index in [4.69, 9.17) is 11.6 Å². The first-order chi connectivity index (χ1) is 17.3. The molecule has 1 aliphatic heterocycles. The van der Waals surface area contributed by atoms with Crippen molar-refractivity contribution in [2.24, 2.45) is 5.10 Å². The second-order valence-corrected chi connectivity index (χ2v) is 9.54. The van der Waals surface area contributed by atoms with E-state index in [1.807, 2.05) is 24.3 Å². The first-order valence-corrected chi connectivity index (χ1v) is 11.8. The van der Waals surface area contributed by atoms with Gasteiger partial charge < -0.3 is 5.11 Å². The van der Waals surface area contributed by atoms with Crippen LogP contribution in [0.15, 0.2) is 77.9 Å². The molecule has 3 aromatic carbocycles. The molecule has 1 heterocycles. The summed E-state index contributed by atoms with van der Waals surface area (Å²) in [7, 11) is 0. The van der Waals surface area contributed by atoms with E-state index >= 15 is 0 Å². The second-order valence-electron chi connectivity index (χ2n) is 9.13. The minimum absolute atomic E-state index is 0.0857. The van der Waals surface area contributed by atoms with Gasteiger partial charge >= 0.3 is 12.4 Å². The van der Waals surface area contributed by atoms with Crippen molar-refractivity contribution >= 4 is 23.0 Å². The molecule has 3 aromatic rings. The molecule has 1 atom stereocenters. The summed E-state index contributed by atoms with van der Waals surface area (Å²) in [6.45, 7) is 4.10. The Morgan fingerprint density at radius 2 is 1.43 bits per heavy atom. The molecule has 3 nitrogen and oxygen atoms in total. The number of nitrogens with zero attached hydrogens (tertiary/aromatic N) is 2. The summed E-state index contributed by atoms with van der Waals surface area (Å²) >= 11 is 6.23. The van der Waals surface area contributed by atoms with Gasteiger partial charge in [0.2, 0.25) is 0 Å². The van der Waals surface area contributed by atoms with Crippen LogP contribution in [0.3, 0.4) is 0 Å². The number of benzene rings is 3. The van der Waals surface area contributed by atoms with E-state index in [0.717, 1.165) is 21.7 Å². The summed E-state index contributed by atoms with van der Waals surface area (Å²) in [6.07, 6.45) is -12.9. The van der Waals surface area contributed by atoms with E-state index in [1.54, 1.807) is 30.3 Å². The van der Waals surface area contributed by atoms with Crippen LogP contribution in [-0.2, 0) is 0 Å². The fraction of sp³-hybridized carbons (Fsp3) is 0.296. The number of halogens is 7. The molecule has 0 aliphatic carbocycles. The van der Waals surface area contributed by atoms with Crippen LogP contribution in [0.5, 0.6) is 0 Å². The van der Waals surface area contributed by atoms with Crippen LogP contribution < -0.4 is 5.01 Å². The SMILES string of the molecule is CC(C)c1ccccc1-c1ccc(C2CC(C(O)(C(F)(F)F)C(F)(F)F)=NN2c2ccccc2Cl)cc1. The molecule has 0 aromatic heterocycles. The van der Waals surface area contributed by atoms with Crippen LogP contribution in [-0.4, -0.2) is 28.8 Å². The van der Waals surface area contributed by atoms with Crippen LogP contribution in [0, 0.1) is 0 Å². The van der Waals surface area contributed by atoms with Gasteiger partial charge in [-0.25, -0.2) is 0 Å². The summed E-state index contributed by atoms with van der Waals surface area (Å²) in [6, 6.07) is 19.5. The predicted molar refractivity (Wildman–Crippen MR) is 132 cm³/mol. The zero-order chi connectivity index (χ0) is 27.2. The van der Waals surface area contributed by atoms with Crippen molar-refractivity contribution in [3.05, 3.63) is 88.9 Å². The Bertz CT molecular complexity index is 1290. The van der Waals surface area contributed by atoms with Crippen molar-refractivity contribution in [1.82, 2.24) is 0 Å². The lowest BCUT2D eigenvalue weighted by atomic mass is 9.88. The minimum Gasteiger partial charge on any atom is -0.369 e. The summed E-state index contributed by atoms with van der Waals surface area (Å²) < 4.78 is 81.8. The Morgan fingerprint density at radius 3 is 2.00 bits per heavy atom. The van der Waals surface area contributed by atoms with E-state index in [2.05, 4.69) is 18.9 Å². The van der Waals surface area contributed by atoms with Gasteiger partial charge in [-0.15, -0.1) is 0 Å². The van der Waals surface area contributed by atoms with E-state index in [9.17, 15) is 31.4 Å². The molecule has 0 fully saturated rings. The third kappa shape index (κ3) is 4.82. The van der Waals surface area contributed by atoms with Crippen molar-refractivity contribution in [2.75, 3.05) is 5.01 Å². The van der Waals surface area contributed by atoms with Gasteiger partial charge in [-0.3, -0.25) is 5.01 Å².